The quantitative estimate of drug-likeness (QED) is 0.343. The van der Waals surface area contributed by atoms with Gasteiger partial charge in [-0.15, -0.1) is 0 Å². The van der Waals surface area contributed by atoms with E-state index in [0.717, 1.165) is 12.8 Å². The third kappa shape index (κ3) is 4.09. The van der Waals surface area contributed by atoms with E-state index in [1.54, 1.807) is 13.8 Å². The Morgan fingerprint density at radius 2 is 1.74 bits per heavy atom. The molecule has 0 radical (unpaired) electrons. The molecule has 8 nitrogen and oxygen atoms in total. The van der Waals surface area contributed by atoms with Gasteiger partial charge < -0.3 is 40.1 Å². The van der Waals surface area contributed by atoms with Crippen LogP contribution in [0.25, 0.3) is 0 Å². The molecule has 1 aliphatic heterocycles. The van der Waals surface area contributed by atoms with Crippen LogP contribution in [-0.4, -0.2) is 85.3 Å². The highest BCUT2D eigenvalue weighted by Crippen LogP contribution is 2.52. The van der Waals surface area contributed by atoms with Gasteiger partial charge in [-0.25, -0.2) is 0 Å². The topological polar surface area (TPSA) is 140 Å². The Bertz CT molecular complexity index is 534. The van der Waals surface area contributed by atoms with Crippen molar-refractivity contribution in [3.05, 3.63) is 12.2 Å². The Balaban J connectivity index is 2.35. The molecule has 0 amide bonds. The normalized spacial score (nSPS) is 46.5. The van der Waals surface area contributed by atoms with Gasteiger partial charge in [-0.2, -0.15) is 0 Å². The Morgan fingerprint density at radius 1 is 1.11 bits per heavy atom. The molecule has 158 valence electrons. The van der Waals surface area contributed by atoms with Gasteiger partial charge in [-0.3, -0.25) is 0 Å². The van der Waals surface area contributed by atoms with Gasteiger partial charge in [0.25, 0.3) is 0 Å². The summed E-state index contributed by atoms with van der Waals surface area (Å²) in [5.74, 6) is 0. The first kappa shape index (κ1) is 22.7. The summed E-state index contributed by atoms with van der Waals surface area (Å²) in [5.41, 5.74) is -3.29. The van der Waals surface area contributed by atoms with Crippen molar-refractivity contribution < 1.29 is 40.1 Å². The largest absolute Gasteiger partial charge is 0.394 e. The molecule has 2 aliphatic rings. The van der Waals surface area contributed by atoms with Crippen molar-refractivity contribution in [2.24, 2.45) is 5.41 Å². The maximum absolute atomic E-state index is 11.6. The predicted octanol–water partition coefficient (Wildman–Crippen LogP) is -0.560. The molecule has 1 heterocycles. The molecule has 6 N–H and O–H groups in total. The smallest absolute Gasteiger partial charge is 0.187 e. The molecule has 8 heteroatoms. The van der Waals surface area contributed by atoms with Crippen LogP contribution in [0.2, 0.25) is 0 Å². The molecule has 1 saturated carbocycles. The minimum absolute atomic E-state index is 0.450. The van der Waals surface area contributed by atoms with Gasteiger partial charge in [0.15, 0.2) is 6.29 Å². The zero-order chi connectivity index (χ0) is 20.6. The Hall–Kier alpha value is -0.580. The molecule has 0 spiro atoms. The molecule has 0 unspecified atom stereocenters. The second kappa shape index (κ2) is 8.04. The lowest BCUT2D eigenvalue weighted by Gasteiger charge is -2.57. The van der Waals surface area contributed by atoms with Gasteiger partial charge >= 0.3 is 0 Å². The Labute approximate surface area is 160 Å². The summed E-state index contributed by atoms with van der Waals surface area (Å²) in [4.78, 5) is 0. The van der Waals surface area contributed by atoms with E-state index < -0.39 is 60.0 Å². The van der Waals surface area contributed by atoms with Gasteiger partial charge in [0.2, 0.25) is 0 Å². The molecule has 0 bridgehead atoms. The monoisotopic (exact) mass is 390 g/mol. The number of ether oxygens (including phenoxy) is 2. The zero-order valence-electron chi connectivity index (χ0n) is 16.4. The third-order valence-corrected chi connectivity index (χ3v) is 6.13. The Kier molecular flexibility index (Phi) is 6.76. The second-order valence-electron chi connectivity index (χ2n) is 8.65. The van der Waals surface area contributed by atoms with E-state index in [9.17, 15) is 30.6 Å². The number of hydrogen-bond acceptors (Lipinski definition) is 8. The van der Waals surface area contributed by atoms with E-state index in [1.807, 2.05) is 13.8 Å². The minimum atomic E-state index is -1.55. The maximum atomic E-state index is 11.6. The molecular formula is C19H34O8. The fraction of sp³-hybridized carbons (Fsp3) is 0.895. The van der Waals surface area contributed by atoms with Crippen molar-refractivity contribution in [1.29, 1.82) is 0 Å². The van der Waals surface area contributed by atoms with Gasteiger partial charge in [0.1, 0.15) is 35.6 Å². The average Bonchev–Trinajstić information content (AvgIpc) is 2.58. The third-order valence-electron chi connectivity index (χ3n) is 6.13. The molecule has 2 rings (SSSR count). The summed E-state index contributed by atoms with van der Waals surface area (Å²) in [6.45, 7) is 6.51. The maximum Gasteiger partial charge on any atom is 0.187 e. The fourth-order valence-electron chi connectivity index (χ4n) is 4.21. The van der Waals surface area contributed by atoms with E-state index in [1.165, 1.54) is 12.2 Å². The predicted molar refractivity (Wildman–Crippen MR) is 96.7 cm³/mol. The van der Waals surface area contributed by atoms with Crippen LogP contribution >= 0.6 is 0 Å². The van der Waals surface area contributed by atoms with Crippen LogP contribution in [0, 0.1) is 5.41 Å². The fourth-order valence-corrected chi connectivity index (χ4v) is 4.21. The van der Waals surface area contributed by atoms with Gasteiger partial charge in [-0.05, 0) is 38.5 Å². The van der Waals surface area contributed by atoms with E-state index in [4.69, 9.17) is 9.47 Å². The van der Waals surface area contributed by atoms with Gasteiger partial charge in [0, 0.05) is 0 Å². The highest BCUT2D eigenvalue weighted by molar-refractivity contribution is 5.21. The van der Waals surface area contributed by atoms with Gasteiger partial charge in [-0.1, -0.05) is 26.0 Å². The molecule has 1 saturated heterocycles. The first-order chi connectivity index (χ1) is 12.4. The summed E-state index contributed by atoms with van der Waals surface area (Å²) in [5, 5.41) is 60.9. The zero-order valence-corrected chi connectivity index (χ0v) is 16.4. The summed E-state index contributed by atoms with van der Waals surface area (Å²) < 4.78 is 11.5. The van der Waals surface area contributed by atoms with E-state index in [-0.39, 0.29) is 0 Å². The molecule has 8 atom stereocenters. The average molecular weight is 390 g/mol. The first-order valence-corrected chi connectivity index (χ1v) is 9.47. The lowest BCUT2D eigenvalue weighted by molar-refractivity contribution is -0.352. The molecule has 0 aromatic carbocycles. The summed E-state index contributed by atoms with van der Waals surface area (Å²) in [6.07, 6.45) is -2.82. The highest BCUT2D eigenvalue weighted by atomic mass is 16.7. The highest BCUT2D eigenvalue weighted by Gasteiger charge is 2.60. The van der Waals surface area contributed by atoms with Crippen LogP contribution in [-0.2, 0) is 9.47 Å². The van der Waals surface area contributed by atoms with Crippen molar-refractivity contribution in [3.8, 4) is 0 Å². The van der Waals surface area contributed by atoms with Crippen molar-refractivity contribution in [3.63, 3.8) is 0 Å². The SMILES string of the molecule is C[C@H](O)/C=C/[C@@]1(O)C(C)(C)CCC[C@@]1(C)O[C@H]1O[C@H](CO)[C@@H](O)[C@H](O)[C@H]1O. The second-order valence-corrected chi connectivity index (χ2v) is 8.65. The van der Waals surface area contributed by atoms with Crippen LogP contribution in [0.4, 0.5) is 0 Å². The van der Waals surface area contributed by atoms with E-state index >= 15 is 0 Å². The molecule has 2 fully saturated rings. The summed E-state index contributed by atoms with van der Waals surface area (Å²) in [6, 6.07) is 0. The van der Waals surface area contributed by atoms with Crippen molar-refractivity contribution >= 4 is 0 Å². The lowest BCUT2D eigenvalue weighted by atomic mass is 9.58. The molecule has 0 aromatic rings. The van der Waals surface area contributed by atoms with Crippen LogP contribution in [0.15, 0.2) is 12.2 Å². The van der Waals surface area contributed by atoms with Crippen molar-refractivity contribution in [1.82, 2.24) is 0 Å². The van der Waals surface area contributed by atoms with Crippen LogP contribution in [0.3, 0.4) is 0 Å². The molecule has 1 aliphatic carbocycles. The van der Waals surface area contributed by atoms with E-state index in [2.05, 4.69) is 0 Å². The summed E-state index contributed by atoms with van der Waals surface area (Å²) >= 11 is 0. The van der Waals surface area contributed by atoms with Crippen LogP contribution in [0.1, 0.15) is 47.0 Å². The Morgan fingerprint density at radius 3 is 2.30 bits per heavy atom. The molecule has 27 heavy (non-hydrogen) atoms. The standard InChI is InChI=1S/C19H34O8/c1-11(21)6-9-19(25)17(2,3)7-5-8-18(19,4)27-16-15(24)14(23)13(22)12(10-20)26-16/h6,9,11-16,20-25H,5,7-8,10H2,1-4H3/b9-6+/t11-,12+,13+,14-,15+,16+,18+,19+/m0/s1. The minimum Gasteiger partial charge on any atom is -0.394 e. The number of aliphatic hydroxyl groups is 6. The van der Waals surface area contributed by atoms with E-state index in [0.29, 0.717) is 6.42 Å². The van der Waals surface area contributed by atoms with Crippen LogP contribution in [0.5, 0.6) is 0 Å². The number of aliphatic hydroxyl groups excluding tert-OH is 5. The molecular weight excluding hydrogens is 356 g/mol. The first-order valence-electron chi connectivity index (χ1n) is 9.47. The van der Waals surface area contributed by atoms with Crippen molar-refractivity contribution in [2.75, 3.05) is 6.61 Å². The van der Waals surface area contributed by atoms with Gasteiger partial charge in [0.05, 0.1) is 12.7 Å². The summed E-state index contributed by atoms with van der Waals surface area (Å²) in [7, 11) is 0. The number of hydrogen-bond donors (Lipinski definition) is 6. The molecule has 0 aromatic heterocycles. The van der Waals surface area contributed by atoms with Crippen molar-refractivity contribution in [2.45, 2.75) is 95.0 Å². The lowest BCUT2D eigenvalue weighted by Crippen LogP contribution is -2.67. The van der Waals surface area contributed by atoms with Crippen LogP contribution < -0.4 is 0 Å². The number of rotatable bonds is 5.